The molecule has 3 aromatic rings. The highest BCUT2D eigenvalue weighted by Crippen LogP contribution is 2.25. The molecule has 4 rings (SSSR count). The number of carbonyl (C=O) groups excluding carboxylic acids is 2. The summed E-state index contributed by atoms with van der Waals surface area (Å²) in [5, 5.41) is 4.44. The van der Waals surface area contributed by atoms with Gasteiger partial charge in [0.1, 0.15) is 0 Å². The maximum Gasteiger partial charge on any atom is 0.359 e. The number of ether oxygens (including phenoxy) is 1. The summed E-state index contributed by atoms with van der Waals surface area (Å²) in [7, 11) is 0. The fourth-order valence-corrected chi connectivity index (χ4v) is 3.85. The summed E-state index contributed by atoms with van der Waals surface area (Å²) in [6.07, 6.45) is 2.34. The minimum absolute atomic E-state index is 0.112. The van der Waals surface area contributed by atoms with Crippen LogP contribution >= 0.6 is 0 Å². The highest BCUT2D eigenvalue weighted by Gasteiger charge is 2.31. The van der Waals surface area contributed by atoms with E-state index in [1.165, 1.54) is 0 Å². The van der Waals surface area contributed by atoms with Crippen molar-refractivity contribution >= 4 is 22.9 Å². The van der Waals surface area contributed by atoms with Gasteiger partial charge in [0.05, 0.1) is 42.1 Å². The van der Waals surface area contributed by atoms with E-state index < -0.39 is 5.97 Å². The molecule has 160 valence electrons. The fourth-order valence-electron chi connectivity index (χ4n) is 3.85. The van der Waals surface area contributed by atoms with Crippen LogP contribution in [0.3, 0.4) is 0 Å². The molecule has 0 saturated heterocycles. The number of hydrogen-bond acceptors (Lipinski definition) is 6. The molecule has 0 fully saturated rings. The lowest BCUT2D eigenvalue weighted by Gasteiger charge is -2.28. The molecule has 1 aliphatic heterocycles. The summed E-state index contributed by atoms with van der Waals surface area (Å²) >= 11 is 0. The summed E-state index contributed by atoms with van der Waals surface area (Å²) in [5.74, 6) is -0.582. The van der Waals surface area contributed by atoms with Crippen molar-refractivity contribution in [2.75, 3.05) is 13.2 Å². The van der Waals surface area contributed by atoms with E-state index in [1.807, 2.05) is 19.9 Å². The molecule has 0 atom stereocenters. The maximum absolute atomic E-state index is 13.3. The first-order valence-corrected chi connectivity index (χ1v) is 10.3. The van der Waals surface area contributed by atoms with Crippen molar-refractivity contribution in [1.82, 2.24) is 24.6 Å². The predicted octanol–water partition coefficient (Wildman–Crippen LogP) is 3.00. The van der Waals surface area contributed by atoms with Crippen LogP contribution in [-0.2, 0) is 24.2 Å². The highest BCUT2D eigenvalue weighted by molar-refractivity contribution is 5.97. The third kappa shape index (κ3) is 3.81. The Bertz CT molecular complexity index is 1200. The minimum atomic E-state index is -0.470. The summed E-state index contributed by atoms with van der Waals surface area (Å²) in [5.41, 5.74) is 5.67. The molecule has 0 radical (unpaired) electrons. The van der Waals surface area contributed by atoms with Crippen LogP contribution < -0.4 is 0 Å². The van der Waals surface area contributed by atoms with E-state index in [4.69, 9.17) is 4.74 Å². The van der Waals surface area contributed by atoms with E-state index in [2.05, 4.69) is 21.6 Å². The van der Waals surface area contributed by atoms with Crippen LogP contribution in [0.25, 0.3) is 11.0 Å². The Labute approximate surface area is 180 Å². The number of esters is 1. The minimum Gasteiger partial charge on any atom is -0.461 e. The van der Waals surface area contributed by atoms with Crippen LogP contribution in [0.15, 0.2) is 30.9 Å². The molecule has 3 heterocycles. The van der Waals surface area contributed by atoms with E-state index in [1.54, 1.807) is 34.7 Å². The lowest BCUT2D eigenvalue weighted by Crippen LogP contribution is -2.36. The van der Waals surface area contributed by atoms with Crippen LogP contribution in [-0.4, -0.2) is 49.7 Å². The molecule has 1 amide bonds. The van der Waals surface area contributed by atoms with Crippen LogP contribution in [0.1, 0.15) is 50.4 Å². The van der Waals surface area contributed by atoms with E-state index in [9.17, 15) is 9.59 Å². The van der Waals surface area contributed by atoms with Gasteiger partial charge < -0.3 is 9.64 Å². The highest BCUT2D eigenvalue weighted by atomic mass is 16.5. The Kier molecular flexibility index (Phi) is 5.54. The molecule has 1 aliphatic rings. The van der Waals surface area contributed by atoms with Gasteiger partial charge >= 0.3 is 5.97 Å². The molecule has 0 aliphatic carbocycles. The summed E-state index contributed by atoms with van der Waals surface area (Å²) < 4.78 is 6.95. The SMILES string of the molecule is C=CCn1nc(C(=O)OCC)c2c1CCN(C(=O)c1ccc3nc(C)c(C)nc3c1)C2. The topological polar surface area (TPSA) is 90.2 Å². The van der Waals surface area contributed by atoms with E-state index in [-0.39, 0.29) is 18.2 Å². The number of allylic oxidation sites excluding steroid dienone is 1. The monoisotopic (exact) mass is 419 g/mol. The Morgan fingerprint density at radius 2 is 1.94 bits per heavy atom. The van der Waals surface area contributed by atoms with Gasteiger partial charge in [0.25, 0.3) is 5.91 Å². The number of benzene rings is 1. The maximum atomic E-state index is 13.3. The van der Waals surface area contributed by atoms with Gasteiger partial charge in [-0.3, -0.25) is 9.48 Å². The van der Waals surface area contributed by atoms with Crippen LogP contribution in [0.4, 0.5) is 0 Å². The van der Waals surface area contributed by atoms with E-state index >= 15 is 0 Å². The zero-order valence-corrected chi connectivity index (χ0v) is 18.0. The van der Waals surface area contributed by atoms with Gasteiger partial charge in [-0.15, -0.1) is 6.58 Å². The number of carbonyl (C=O) groups is 2. The van der Waals surface area contributed by atoms with E-state index in [0.29, 0.717) is 37.1 Å². The summed E-state index contributed by atoms with van der Waals surface area (Å²) in [6.45, 7) is 10.9. The molecule has 31 heavy (non-hydrogen) atoms. The lowest BCUT2D eigenvalue weighted by molar-refractivity contribution is 0.0513. The van der Waals surface area contributed by atoms with Crippen molar-refractivity contribution in [2.45, 2.75) is 40.3 Å². The average Bonchev–Trinajstić information content (AvgIpc) is 3.12. The molecule has 1 aromatic carbocycles. The zero-order valence-electron chi connectivity index (χ0n) is 18.0. The van der Waals surface area contributed by atoms with Crippen molar-refractivity contribution in [3.05, 3.63) is 64.8 Å². The molecule has 0 saturated carbocycles. The second kappa shape index (κ2) is 8.29. The Morgan fingerprint density at radius 1 is 1.19 bits per heavy atom. The van der Waals surface area contributed by atoms with Crippen LogP contribution in [0.2, 0.25) is 0 Å². The second-order valence-electron chi connectivity index (χ2n) is 7.54. The van der Waals surface area contributed by atoms with Gasteiger partial charge in [-0.2, -0.15) is 5.10 Å². The van der Waals surface area contributed by atoms with Crippen LogP contribution in [0.5, 0.6) is 0 Å². The normalized spacial score (nSPS) is 13.2. The van der Waals surface area contributed by atoms with Gasteiger partial charge in [-0.25, -0.2) is 14.8 Å². The molecule has 0 unspecified atom stereocenters. The molecule has 2 aromatic heterocycles. The Morgan fingerprint density at radius 3 is 2.65 bits per heavy atom. The largest absolute Gasteiger partial charge is 0.461 e. The number of fused-ring (bicyclic) bond motifs is 2. The van der Waals surface area contributed by atoms with Crippen molar-refractivity contribution in [3.8, 4) is 0 Å². The molecule has 8 nitrogen and oxygen atoms in total. The lowest BCUT2D eigenvalue weighted by atomic mass is 10.0. The smallest absolute Gasteiger partial charge is 0.359 e. The van der Waals surface area contributed by atoms with Gasteiger partial charge in [0.15, 0.2) is 5.69 Å². The molecular weight excluding hydrogens is 394 g/mol. The van der Waals surface area contributed by atoms with Gasteiger partial charge in [-0.05, 0) is 39.0 Å². The van der Waals surface area contributed by atoms with Crippen molar-refractivity contribution in [1.29, 1.82) is 0 Å². The fraction of sp³-hybridized carbons (Fsp3) is 0.348. The summed E-state index contributed by atoms with van der Waals surface area (Å²) in [6, 6.07) is 5.38. The second-order valence-corrected chi connectivity index (χ2v) is 7.54. The molecule has 0 bridgehead atoms. The predicted molar refractivity (Wildman–Crippen MR) is 116 cm³/mol. The molecular formula is C23H25N5O3. The van der Waals surface area contributed by atoms with Crippen molar-refractivity contribution < 1.29 is 14.3 Å². The van der Waals surface area contributed by atoms with Crippen LogP contribution in [0, 0.1) is 13.8 Å². The number of amides is 1. The van der Waals surface area contributed by atoms with Crippen molar-refractivity contribution in [3.63, 3.8) is 0 Å². The van der Waals surface area contributed by atoms with Gasteiger partial charge in [0.2, 0.25) is 0 Å². The number of hydrogen-bond donors (Lipinski definition) is 0. The standard InChI is InChI=1S/C23H25N5O3/c1-5-10-28-20-9-11-27(13-17(20)21(26-28)23(30)31-6-2)22(29)16-7-8-18-19(12-16)25-15(4)14(3)24-18/h5,7-8,12H,1,6,9-11,13H2,2-4H3. The average molecular weight is 419 g/mol. The van der Waals surface area contributed by atoms with Crippen molar-refractivity contribution in [2.24, 2.45) is 0 Å². The number of aromatic nitrogens is 4. The Hall–Kier alpha value is -3.55. The summed E-state index contributed by atoms with van der Waals surface area (Å²) in [4.78, 5) is 36.5. The van der Waals surface area contributed by atoms with E-state index in [0.717, 1.165) is 28.2 Å². The number of nitrogens with zero attached hydrogens (tertiary/aromatic N) is 5. The third-order valence-corrected chi connectivity index (χ3v) is 5.51. The number of aryl methyl sites for hydroxylation is 2. The zero-order chi connectivity index (χ0) is 22.1. The first kappa shape index (κ1) is 20.7. The first-order valence-electron chi connectivity index (χ1n) is 10.3. The number of rotatable bonds is 5. The first-order chi connectivity index (χ1) is 14.9. The van der Waals surface area contributed by atoms with Gasteiger partial charge in [-0.1, -0.05) is 6.08 Å². The quantitative estimate of drug-likeness (QED) is 0.466. The third-order valence-electron chi connectivity index (χ3n) is 5.51. The Balaban J connectivity index is 1.65. The molecule has 0 N–H and O–H groups in total. The van der Waals surface area contributed by atoms with Gasteiger partial charge in [0, 0.05) is 29.8 Å². The molecule has 8 heteroatoms. The molecule has 0 spiro atoms.